The van der Waals surface area contributed by atoms with Gasteiger partial charge in [0.05, 0.1) is 18.4 Å². The zero-order valence-electron chi connectivity index (χ0n) is 9.17. The molecule has 17 heavy (non-hydrogen) atoms. The van der Waals surface area contributed by atoms with Crippen LogP contribution < -0.4 is 11.5 Å². The van der Waals surface area contributed by atoms with Crippen LogP contribution in [0, 0.1) is 0 Å². The van der Waals surface area contributed by atoms with Crippen LogP contribution >= 0.6 is 0 Å². The number of carbonyl (C=O) groups is 2. The van der Waals surface area contributed by atoms with Crippen LogP contribution in [-0.2, 0) is 16.0 Å². The number of carboxylic acids is 2. The van der Waals surface area contributed by atoms with Crippen LogP contribution in [0.4, 0.5) is 0 Å². The van der Waals surface area contributed by atoms with Gasteiger partial charge in [-0.25, -0.2) is 4.98 Å². The van der Waals surface area contributed by atoms with Crippen LogP contribution in [0.5, 0.6) is 0 Å². The predicted molar refractivity (Wildman–Crippen MR) is 59.2 cm³/mol. The summed E-state index contributed by atoms with van der Waals surface area (Å²) < 4.78 is 0. The molecule has 1 heterocycles. The smallest absolute Gasteiger partial charge is 0.321 e. The van der Waals surface area contributed by atoms with Crippen molar-refractivity contribution in [3.63, 3.8) is 0 Å². The highest BCUT2D eigenvalue weighted by molar-refractivity contribution is 5.80. The van der Waals surface area contributed by atoms with Crippen LogP contribution in [0.3, 0.4) is 0 Å². The molecule has 0 aliphatic rings. The molecule has 0 aliphatic carbocycles. The Balaban J connectivity index is 0.000000302. The lowest BCUT2D eigenvalue weighted by Crippen LogP contribution is -2.32. The molecule has 0 aliphatic heterocycles. The molecule has 0 unspecified atom stereocenters. The summed E-state index contributed by atoms with van der Waals surface area (Å²) in [6, 6.07) is -1.29. The Morgan fingerprint density at radius 3 is 2.41 bits per heavy atom. The molecule has 0 saturated carbocycles. The molecule has 1 rings (SSSR count). The number of nitrogens with one attached hydrogen (secondary N) is 1. The van der Waals surface area contributed by atoms with Gasteiger partial charge in [-0.15, -0.1) is 0 Å². The van der Waals surface area contributed by atoms with E-state index in [1.807, 2.05) is 6.20 Å². The number of carboxylic acid groups (broad SMARTS) is 2. The first-order valence-electron chi connectivity index (χ1n) is 4.85. The van der Waals surface area contributed by atoms with Gasteiger partial charge < -0.3 is 26.7 Å². The van der Waals surface area contributed by atoms with Crippen molar-refractivity contribution in [3.05, 3.63) is 18.2 Å². The highest BCUT2D eigenvalue weighted by Crippen LogP contribution is 1.88. The number of aromatic nitrogens is 2. The second kappa shape index (κ2) is 8.25. The van der Waals surface area contributed by atoms with E-state index < -0.39 is 24.4 Å². The van der Waals surface area contributed by atoms with Gasteiger partial charge in [0.15, 0.2) is 0 Å². The lowest BCUT2D eigenvalue weighted by molar-refractivity contribution is -0.144. The Kier molecular flexibility index (Phi) is 7.31. The number of hydrogen-bond acceptors (Lipinski definition) is 5. The lowest BCUT2D eigenvalue weighted by Gasteiger charge is -1.99. The van der Waals surface area contributed by atoms with Crippen LogP contribution in [0.1, 0.15) is 12.1 Å². The number of aliphatic carboxylic acids is 2. The van der Waals surface area contributed by atoms with E-state index in [4.69, 9.17) is 21.7 Å². The maximum Gasteiger partial charge on any atom is 0.321 e. The molecule has 8 heteroatoms. The summed E-state index contributed by atoms with van der Waals surface area (Å²) >= 11 is 0. The molecule has 0 bridgehead atoms. The number of nitrogens with zero attached hydrogens (tertiary/aromatic N) is 1. The number of aromatic amines is 1. The number of hydrogen-bond donors (Lipinski definition) is 5. The molecule has 0 radical (unpaired) electrons. The second-order valence-corrected chi connectivity index (χ2v) is 3.14. The second-order valence-electron chi connectivity index (χ2n) is 3.14. The van der Waals surface area contributed by atoms with E-state index in [1.54, 1.807) is 6.33 Å². The monoisotopic (exact) mass is 244 g/mol. The number of imidazole rings is 1. The van der Waals surface area contributed by atoms with E-state index in [1.165, 1.54) is 0 Å². The van der Waals surface area contributed by atoms with Crippen molar-refractivity contribution in [1.82, 2.24) is 9.97 Å². The summed E-state index contributed by atoms with van der Waals surface area (Å²) in [6.45, 7) is 0.671. The van der Waals surface area contributed by atoms with E-state index in [2.05, 4.69) is 9.97 Å². The van der Waals surface area contributed by atoms with Crippen molar-refractivity contribution in [2.45, 2.75) is 18.9 Å². The molecule has 1 aromatic heterocycles. The number of nitrogens with two attached hydrogens (primary N) is 2. The normalized spacial score (nSPS) is 11.2. The Labute approximate surface area is 97.6 Å². The molecule has 96 valence electrons. The zero-order chi connectivity index (χ0) is 13.3. The van der Waals surface area contributed by atoms with Gasteiger partial charge in [0.2, 0.25) is 0 Å². The largest absolute Gasteiger partial charge is 0.481 e. The van der Waals surface area contributed by atoms with Gasteiger partial charge in [0, 0.05) is 12.6 Å². The standard InChI is InChI=1S/C5H9N3.C4H7NO4/c6-2-1-5-3-7-4-8-5;5-2(4(8)9)1-3(6)7/h3-4H,1-2,6H2,(H,7,8);2H,1,5H2,(H,6,7)(H,8,9)/t;2-/m.0/s1. The van der Waals surface area contributed by atoms with Crippen LogP contribution in [0.2, 0.25) is 0 Å². The summed E-state index contributed by atoms with van der Waals surface area (Å²) in [7, 11) is 0. The topological polar surface area (TPSA) is 155 Å². The van der Waals surface area contributed by atoms with Crippen LogP contribution in [0.25, 0.3) is 0 Å². The molecule has 1 aromatic rings. The minimum absolute atomic E-state index is 0.532. The minimum Gasteiger partial charge on any atom is -0.481 e. The first-order chi connectivity index (χ1) is 7.97. The molecular weight excluding hydrogens is 228 g/mol. The first-order valence-corrected chi connectivity index (χ1v) is 4.85. The number of rotatable bonds is 5. The Morgan fingerprint density at radius 1 is 1.47 bits per heavy atom. The van der Waals surface area contributed by atoms with E-state index >= 15 is 0 Å². The molecule has 0 fully saturated rings. The lowest BCUT2D eigenvalue weighted by atomic mass is 10.2. The Morgan fingerprint density at radius 2 is 2.12 bits per heavy atom. The minimum atomic E-state index is -1.29. The third-order valence-electron chi connectivity index (χ3n) is 1.67. The SMILES string of the molecule is NCCc1c[nH]cn1.N[C@@H](CC(=O)O)C(=O)O. The maximum atomic E-state index is 9.85. The van der Waals surface area contributed by atoms with Gasteiger partial charge in [-0.3, -0.25) is 9.59 Å². The van der Waals surface area contributed by atoms with Gasteiger partial charge in [-0.05, 0) is 6.54 Å². The molecule has 1 atom stereocenters. The van der Waals surface area contributed by atoms with E-state index in [-0.39, 0.29) is 0 Å². The summed E-state index contributed by atoms with van der Waals surface area (Å²) in [5.74, 6) is -2.50. The Hall–Kier alpha value is -1.93. The highest BCUT2D eigenvalue weighted by Gasteiger charge is 2.14. The molecule has 0 saturated heterocycles. The van der Waals surface area contributed by atoms with Gasteiger partial charge in [-0.2, -0.15) is 0 Å². The third kappa shape index (κ3) is 7.94. The fourth-order valence-electron chi connectivity index (χ4n) is 0.851. The fourth-order valence-corrected chi connectivity index (χ4v) is 0.851. The van der Waals surface area contributed by atoms with E-state index in [0.29, 0.717) is 6.54 Å². The Bertz CT molecular complexity index is 339. The van der Waals surface area contributed by atoms with Crippen LogP contribution in [0.15, 0.2) is 12.5 Å². The fraction of sp³-hybridized carbons (Fsp3) is 0.444. The zero-order valence-corrected chi connectivity index (χ0v) is 9.17. The highest BCUT2D eigenvalue weighted by atomic mass is 16.4. The molecule has 7 N–H and O–H groups in total. The average Bonchev–Trinajstić information content (AvgIpc) is 2.71. The predicted octanol–water partition coefficient (Wildman–Crippen LogP) is -1.22. The summed E-state index contributed by atoms with van der Waals surface area (Å²) in [5, 5.41) is 16.0. The summed E-state index contributed by atoms with van der Waals surface area (Å²) in [6.07, 6.45) is 3.84. The van der Waals surface area contributed by atoms with Crippen molar-refractivity contribution in [2.24, 2.45) is 11.5 Å². The third-order valence-corrected chi connectivity index (χ3v) is 1.67. The van der Waals surface area contributed by atoms with Gasteiger partial charge >= 0.3 is 11.9 Å². The van der Waals surface area contributed by atoms with Crippen molar-refractivity contribution in [3.8, 4) is 0 Å². The van der Waals surface area contributed by atoms with Gasteiger partial charge in [0.25, 0.3) is 0 Å². The van der Waals surface area contributed by atoms with Crippen LogP contribution in [-0.4, -0.2) is 44.7 Å². The average molecular weight is 244 g/mol. The first kappa shape index (κ1) is 15.1. The quantitative estimate of drug-likeness (QED) is 0.434. The van der Waals surface area contributed by atoms with Crippen molar-refractivity contribution in [2.75, 3.05) is 6.54 Å². The maximum absolute atomic E-state index is 9.85. The van der Waals surface area contributed by atoms with Crippen molar-refractivity contribution >= 4 is 11.9 Å². The molecule has 0 spiro atoms. The molecule has 0 aromatic carbocycles. The van der Waals surface area contributed by atoms with E-state index in [0.717, 1.165) is 12.1 Å². The number of H-pyrrole nitrogens is 1. The molecule has 8 nitrogen and oxygen atoms in total. The summed E-state index contributed by atoms with van der Waals surface area (Å²) in [5.41, 5.74) is 11.1. The van der Waals surface area contributed by atoms with Crippen molar-refractivity contribution in [1.29, 1.82) is 0 Å². The van der Waals surface area contributed by atoms with Gasteiger partial charge in [-0.1, -0.05) is 0 Å². The van der Waals surface area contributed by atoms with E-state index in [9.17, 15) is 9.59 Å². The molecular formula is C9H16N4O4. The molecule has 0 amide bonds. The van der Waals surface area contributed by atoms with Crippen molar-refractivity contribution < 1.29 is 19.8 Å². The van der Waals surface area contributed by atoms with Gasteiger partial charge in [0.1, 0.15) is 6.04 Å². The summed E-state index contributed by atoms with van der Waals surface area (Å²) in [4.78, 5) is 26.4.